The van der Waals surface area contributed by atoms with Crippen LogP contribution >= 0.6 is 0 Å². The molecule has 3 fully saturated rings. The summed E-state index contributed by atoms with van der Waals surface area (Å²) in [4.78, 5) is 9.28. The van der Waals surface area contributed by atoms with Gasteiger partial charge in [0.05, 0.1) is 18.8 Å². The summed E-state index contributed by atoms with van der Waals surface area (Å²) in [6, 6.07) is 0. The molecule has 3 saturated heterocycles. The summed E-state index contributed by atoms with van der Waals surface area (Å²) in [6.45, 7) is 6.23. The molecule has 0 spiro atoms. The van der Waals surface area contributed by atoms with Crippen molar-refractivity contribution < 1.29 is 14.2 Å². The molecule has 3 rings (SSSR count). The Kier molecular flexibility index (Phi) is 8.38. The van der Waals surface area contributed by atoms with E-state index >= 15 is 0 Å². The summed E-state index contributed by atoms with van der Waals surface area (Å²) in [5.74, 6) is 1.02. The van der Waals surface area contributed by atoms with Crippen LogP contribution in [0.3, 0.4) is 0 Å². The Bertz CT molecular complexity index is 480. The van der Waals surface area contributed by atoms with Crippen molar-refractivity contribution in [1.29, 1.82) is 0 Å². The number of hydrogen-bond donors (Lipinski definition) is 1. The van der Waals surface area contributed by atoms with Gasteiger partial charge in [0.25, 0.3) is 0 Å². The maximum Gasteiger partial charge on any atom is 0.193 e. The Morgan fingerprint density at radius 3 is 2.50 bits per heavy atom. The Morgan fingerprint density at radius 1 is 1.14 bits per heavy atom. The van der Waals surface area contributed by atoms with Gasteiger partial charge in [0, 0.05) is 52.0 Å². The number of likely N-dealkylation sites (N-methyl/N-ethyl adjacent to an activating group) is 1. The predicted molar refractivity (Wildman–Crippen MR) is 112 cm³/mol. The molecule has 0 bridgehead atoms. The van der Waals surface area contributed by atoms with Crippen molar-refractivity contribution in [2.24, 2.45) is 4.99 Å². The van der Waals surface area contributed by atoms with Gasteiger partial charge in [0.1, 0.15) is 0 Å². The first-order valence-electron chi connectivity index (χ1n) is 11.1. The molecule has 162 valence electrons. The molecule has 3 aliphatic rings. The average molecular weight is 397 g/mol. The lowest BCUT2D eigenvalue weighted by atomic mass is 9.88. The highest BCUT2D eigenvalue weighted by molar-refractivity contribution is 5.80. The molecule has 1 N–H and O–H groups in total. The second-order valence-corrected chi connectivity index (χ2v) is 8.64. The highest BCUT2D eigenvalue weighted by atomic mass is 16.5. The lowest BCUT2D eigenvalue weighted by Gasteiger charge is -2.44. The number of piperidine rings is 1. The van der Waals surface area contributed by atoms with Gasteiger partial charge < -0.3 is 29.3 Å². The van der Waals surface area contributed by atoms with E-state index in [0.717, 1.165) is 84.1 Å². The van der Waals surface area contributed by atoms with Crippen molar-refractivity contribution in [2.75, 3.05) is 67.2 Å². The van der Waals surface area contributed by atoms with Crippen LogP contribution in [0.4, 0.5) is 0 Å². The van der Waals surface area contributed by atoms with E-state index in [0.29, 0.717) is 12.2 Å². The third-order valence-corrected chi connectivity index (χ3v) is 6.69. The minimum Gasteiger partial charge on any atom is -0.381 e. The molecule has 0 aromatic carbocycles. The van der Waals surface area contributed by atoms with E-state index in [2.05, 4.69) is 34.2 Å². The van der Waals surface area contributed by atoms with Gasteiger partial charge in [0.2, 0.25) is 0 Å². The monoisotopic (exact) mass is 396 g/mol. The third kappa shape index (κ3) is 5.81. The summed E-state index contributed by atoms with van der Waals surface area (Å²) < 4.78 is 17.5. The summed E-state index contributed by atoms with van der Waals surface area (Å²) in [7, 11) is 6.24. The van der Waals surface area contributed by atoms with Crippen molar-refractivity contribution in [3.63, 3.8) is 0 Å². The molecule has 0 amide bonds. The van der Waals surface area contributed by atoms with Crippen molar-refractivity contribution in [1.82, 2.24) is 15.1 Å². The highest BCUT2D eigenvalue weighted by Gasteiger charge is 2.35. The van der Waals surface area contributed by atoms with E-state index < -0.39 is 0 Å². The highest BCUT2D eigenvalue weighted by Crippen LogP contribution is 2.25. The molecule has 0 aromatic heterocycles. The second-order valence-electron chi connectivity index (χ2n) is 8.64. The second kappa shape index (κ2) is 10.8. The number of hydrogen-bond acceptors (Lipinski definition) is 5. The molecule has 3 heterocycles. The Balaban J connectivity index is 1.41. The first-order chi connectivity index (χ1) is 13.6. The SMILES string of the molecule is CN=C(NCC1(N(C)C)CCOCC1)N1CCC(OCC2CCCCO2)CC1. The van der Waals surface area contributed by atoms with Gasteiger partial charge in [-0.3, -0.25) is 4.99 Å². The van der Waals surface area contributed by atoms with Gasteiger partial charge in [-0.25, -0.2) is 0 Å². The fourth-order valence-electron chi connectivity index (χ4n) is 4.53. The predicted octanol–water partition coefficient (Wildman–Crippen LogP) is 1.72. The summed E-state index contributed by atoms with van der Waals surface area (Å²) >= 11 is 0. The van der Waals surface area contributed by atoms with Crippen LogP contribution in [0.1, 0.15) is 44.9 Å². The zero-order chi connectivity index (χ0) is 19.8. The Morgan fingerprint density at radius 2 is 1.89 bits per heavy atom. The summed E-state index contributed by atoms with van der Waals surface area (Å²) in [5, 5.41) is 3.65. The minimum atomic E-state index is 0.148. The number of guanidine groups is 1. The van der Waals surface area contributed by atoms with Gasteiger partial charge in [-0.2, -0.15) is 0 Å². The maximum absolute atomic E-state index is 6.15. The van der Waals surface area contributed by atoms with Crippen molar-refractivity contribution in [3.05, 3.63) is 0 Å². The zero-order valence-corrected chi connectivity index (χ0v) is 18.1. The Hall–Kier alpha value is -0.890. The van der Waals surface area contributed by atoms with E-state index in [1.54, 1.807) is 0 Å². The molecule has 7 heteroatoms. The average Bonchev–Trinajstić information content (AvgIpc) is 2.75. The third-order valence-electron chi connectivity index (χ3n) is 6.69. The quantitative estimate of drug-likeness (QED) is 0.545. The van der Waals surface area contributed by atoms with E-state index in [1.165, 1.54) is 12.8 Å². The summed E-state index contributed by atoms with van der Waals surface area (Å²) in [5.41, 5.74) is 0.148. The fourth-order valence-corrected chi connectivity index (χ4v) is 4.53. The van der Waals surface area contributed by atoms with Crippen LogP contribution in [0.25, 0.3) is 0 Å². The van der Waals surface area contributed by atoms with Crippen LogP contribution in [-0.4, -0.2) is 101 Å². The molecule has 0 radical (unpaired) electrons. The molecule has 0 saturated carbocycles. The van der Waals surface area contributed by atoms with Gasteiger partial charge in [-0.15, -0.1) is 0 Å². The number of likely N-dealkylation sites (tertiary alicyclic amines) is 1. The van der Waals surface area contributed by atoms with Gasteiger partial charge in [0.15, 0.2) is 5.96 Å². The van der Waals surface area contributed by atoms with Crippen molar-refractivity contribution in [2.45, 2.75) is 62.7 Å². The number of aliphatic imine (C=N–C) groups is 1. The number of nitrogens with one attached hydrogen (secondary N) is 1. The van der Waals surface area contributed by atoms with Crippen LogP contribution in [-0.2, 0) is 14.2 Å². The molecule has 0 aromatic rings. The van der Waals surface area contributed by atoms with Crippen LogP contribution in [0.2, 0.25) is 0 Å². The Labute approximate surface area is 170 Å². The first kappa shape index (κ1) is 21.8. The molecule has 3 aliphatic heterocycles. The first-order valence-corrected chi connectivity index (χ1v) is 11.1. The number of ether oxygens (including phenoxy) is 3. The van der Waals surface area contributed by atoms with Gasteiger partial charge in [-0.1, -0.05) is 0 Å². The molecule has 1 atom stereocenters. The lowest BCUT2D eigenvalue weighted by Crippen LogP contribution is -2.58. The van der Waals surface area contributed by atoms with Crippen LogP contribution < -0.4 is 5.32 Å². The molecular weight excluding hydrogens is 356 g/mol. The normalized spacial score (nSPS) is 27.2. The largest absolute Gasteiger partial charge is 0.381 e. The number of rotatable bonds is 6. The smallest absolute Gasteiger partial charge is 0.193 e. The van der Waals surface area contributed by atoms with Crippen molar-refractivity contribution in [3.8, 4) is 0 Å². The van der Waals surface area contributed by atoms with E-state index in [4.69, 9.17) is 14.2 Å². The molecule has 7 nitrogen and oxygen atoms in total. The van der Waals surface area contributed by atoms with Crippen molar-refractivity contribution >= 4 is 5.96 Å². The molecule has 0 aliphatic carbocycles. The van der Waals surface area contributed by atoms with Gasteiger partial charge >= 0.3 is 0 Å². The topological polar surface area (TPSA) is 58.6 Å². The maximum atomic E-state index is 6.15. The molecule has 28 heavy (non-hydrogen) atoms. The lowest BCUT2D eigenvalue weighted by molar-refractivity contribution is -0.0721. The zero-order valence-electron chi connectivity index (χ0n) is 18.1. The van der Waals surface area contributed by atoms with E-state index in [9.17, 15) is 0 Å². The van der Waals surface area contributed by atoms with E-state index in [-0.39, 0.29) is 5.54 Å². The minimum absolute atomic E-state index is 0.148. The van der Waals surface area contributed by atoms with E-state index in [1.807, 2.05) is 7.05 Å². The standard InChI is InChI=1S/C21H40N4O3/c1-22-20(23-17-21(24(2)3)9-14-26-15-10-21)25-11-7-18(8-12-25)28-16-19-6-4-5-13-27-19/h18-19H,4-17H2,1-3H3,(H,22,23). The van der Waals surface area contributed by atoms with Crippen LogP contribution in [0.5, 0.6) is 0 Å². The summed E-state index contributed by atoms with van der Waals surface area (Å²) in [6.07, 6.45) is 8.50. The molecular formula is C21H40N4O3. The number of nitrogens with zero attached hydrogens (tertiary/aromatic N) is 3. The van der Waals surface area contributed by atoms with Gasteiger partial charge in [-0.05, 0) is 59.0 Å². The molecule has 1 unspecified atom stereocenters. The van der Waals surface area contributed by atoms with Crippen LogP contribution in [0.15, 0.2) is 4.99 Å². The van der Waals surface area contributed by atoms with Crippen LogP contribution in [0, 0.1) is 0 Å². The fraction of sp³-hybridized carbons (Fsp3) is 0.952.